The third kappa shape index (κ3) is 8.31. The fraction of sp³-hybridized carbons (Fsp3) is 0.870. The van der Waals surface area contributed by atoms with Crippen molar-refractivity contribution in [2.75, 3.05) is 26.8 Å². The smallest absolute Gasteiger partial charge is 0.408 e. The molecule has 2 fully saturated rings. The number of likely N-dealkylation sites (tertiary alicyclic amines) is 1. The molecule has 2 rings (SSSR count). The Balaban J connectivity index is 2.00. The molecular weight excluding hydrogens is 400 g/mol. The van der Waals surface area contributed by atoms with Crippen LogP contribution in [0.4, 0.5) is 4.79 Å². The lowest BCUT2D eigenvalue weighted by atomic mass is 9.90. The largest absolute Gasteiger partial charge is 0.469 e. The van der Waals surface area contributed by atoms with Crippen LogP contribution in [0.2, 0.25) is 0 Å². The summed E-state index contributed by atoms with van der Waals surface area (Å²) >= 11 is 0. The van der Waals surface area contributed by atoms with Gasteiger partial charge in [0.2, 0.25) is 5.91 Å². The monoisotopic (exact) mass is 440 g/mol. The molecule has 0 aromatic carbocycles. The zero-order valence-electron chi connectivity index (χ0n) is 19.8. The molecule has 1 aliphatic carbocycles. The number of ether oxygens (including phenoxy) is 3. The van der Waals surface area contributed by atoms with Crippen LogP contribution in [0.25, 0.3) is 0 Å². The highest BCUT2D eigenvalue weighted by Crippen LogP contribution is 2.25. The van der Waals surface area contributed by atoms with E-state index in [4.69, 9.17) is 14.2 Å². The van der Waals surface area contributed by atoms with E-state index in [1.54, 1.807) is 25.7 Å². The van der Waals surface area contributed by atoms with E-state index in [1.165, 1.54) is 26.4 Å². The molecule has 1 aliphatic heterocycles. The van der Waals surface area contributed by atoms with Crippen LogP contribution in [0.5, 0.6) is 0 Å². The molecule has 2 aliphatic rings. The molecule has 2 atom stereocenters. The lowest BCUT2D eigenvalue weighted by molar-refractivity contribution is -0.150. The second-order valence-electron chi connectivity index (χ2n) is 9.79. The van der Waals surface area contributed by atoms with Crippen LogP contribution in [0.15, 0.2) is 0 Å². The molecule has 2 amide bonds. The Kier molecular flexibility index (Phi) is 9.59. The first-order chi connectivity index (χ1) is 14.6. The molecule has 0 spiro atoms. The van der Waals surface area contributed by atoms with Crippen molar-refractivity contribution in [1.29, 1.82) is 0 Å². The molecule has 1 saturated heterocycles. The lowest BCUT2D eigenvalue weighted by Crippen LogP contribution is -2.56. The maximum absolute atomic E-state index is 13.3. The van der Waals surface area contributed by atoms with Gasteiger partial charge in [0.1, 0.15) is 11.6 Å². The Hall–Kier alpha value is -1.83. The molecule has 0 unspecified atom stereocenters. The predicted molar refractivity (Wildman–Crippen MR) is 116 cm³/mol. The minimum absolute atomic E-state index is 0.189. The molecular formula is C23H40N2O6. The molecule has 0 aromatic heterocycles. The minimum Gasteiger partial charge on any atom is -0.469 e. The van der Waals surface area contributed by atoms with E-state index >= 15 is 0 Å². The van der Waals surface area contributed by atoms with Gasteiger partial charge in [0.25, 0.3) is 0 Å². The Bertz CT molecular complexity index is 604. The van der Waals surface area contributed by atoms with Gasteiger partial charge in [-0.2, -0.15) is 0 Å². The number of esters is 1. The van der Waals surface area contributed by atoms with Crippen LogP contribution in [0, 0.1) is 11.8 Å². The van der Waals surface area contributed by atoms with Crippen molar-refractivity contribution in [2.45, 2.75) is 90.4 Å². The van der Waals surface area contributed by atoms with E-state index in [0.29, 0.717) is 38.5 Å². The topological polar surface area (TPSA) is 94.2 Å². The SMILES string of the molecule is COC(=O)C1CCN(C(=O)[C@@H](NC(=O)OC(C)(C)C)[C@@H](C)OCC2CCCCC2)CC1. The quantitative estimate of drug-likeness (QED) is 0.611. The van der Waals surface area contributed by atoms with Crippen LogP contribution in [-0.2, 0) is 23.8 Å². The highest BCUT2D eigenvalue weighted by molar-refractivity contribution is 5.86. The summed E-state index contributed by atoms with van der Waals surface area (Å²) in [6.45, 7) is 8.65. The molecule has 8 heteroatoms. The number of carbonyl (C=O) groups excluding carboxylic acids is 3. The summed E-state index contributed by atoms with van der Waals surface area (Å²) in [7, 11) is 1.38. The summed E-state index contributed by atoms with van der Waals surface area (Å²) in [4.78, 5) is 39.2. The number of rotatable bonds is 7. The number of hydrogen-bond acceptors (Lipinski definition) is 6. The van der Waals surface area contributed by atoms with Crippen LogP contribution >= 0.6 is 0 Å². The zero-order chi connectivity index (χ0) is 23.0. The van der Waals surface area contributed by atoms with Crippen molar-refractivity contribution in [3.05, 3.63) is 0 Å². The summed E-state index contributed by atoms with van der Waals surface area (Å²) in [6.07, 6.45) is 5.98. The summed E-state index contributed by atoms with van der Waals surface area (Å²) < 4.78 is 16.3. The van der Waals surface area contributed by atoms with Crippen molar-refractivity contribution in [2.24, 2.45) is 11.8 Å². The molecule has 0 bridgehead atoms. The average molecular weight is 441 g/mol. The van der Waals surface area contributed by atoms with Crippen molar-refractivity contribution >= 4 is 18.0 Å². The van der Waals surface area contributed by atoms with Gasteiger partial charge in [0, 0.05) is 19.7 Å². The molecule has 31 heavy (non-hydrogen) atoms. The normalized spacial score (nSPS) is 20.6. The van der Waals surface area contributed by atoms with E-state index in [2.05, 4.69) is 5.32 Å². The second kappa shape index (κ2) is 11.7. The molecule has 1 saturated carbocycles. The molecule has 1 N–H and O–H groups in total. The Morgan fingerprint density at radius 2 is 1.65 bits per heavy atom. The van der Waals surface area contributed by atoms with E-state index in [-0.39, 0.29) is 17.8 Å². The number of nitrogens with one attached hydrogen (secondary N) is 1. The van der Waals surface area contributed by atoms with E-state index in [0.717, 1.165) is 12.8 Å². The fourth-order valence-corrected chi connectivity index (χ4v) is 4.25. The fourth-order valence-electron chi connectivity index (χ4n) is 4.25. The standard InChI is InChI=1S/C23H40N2O6/c1-16(30-15-17-9-7-6-8-10-17)19(24-22(28)31-23(2,3)4)20(26)25-13-11-18(12-14-25)21(27)29-5/h16-19H,6-15H2,1-5H3,(H,24,28)/t16-,19+/m1/s1. The van der Waals surface area contributed by atoms with Crippen LogP contribution in [-0.4, -0.2) is 67.4 Å². The van der Waals surface area contributed by atoms with Gasteiger partial charge in [-0.3, -0.25) is 9.59 Å². The minimum atomic E-state index is -0.840. The number of piperidine rings is 1. The van der Waals surface area contributed by atoms with Gasteiger partial charge in [0.15, 0.2) is 0 Å². The third-order valence-corrected chi connectivity index (χ3v) is 6.07. The number of nitrogens with zero attached hydrogens (tertiary/aromatic N) is 1. The third-order valence-electron chi connectivity index (χ3n) is 6.07. The number of amides is 2. The number of hydrogen-bond donors (Lipinski definition) is 1. The first kappa shape index (κ1) is 25.4. The first-order valence-corrected chi connectivity index (χ1v) is 11.6. The van der Waals surface area contributed by atoms with Crippen LogP contribution < -0.4 is 5.32 Å². The number of methoxy groups -OCH3 is 1. The van der Waals surface area contributed by atoms with Gasteiger partial charge in [0.05, 0.1) is 19.1 Å². The number of alkyl carbamates (subject to hydrolysis) is 1. The highest BCUT2D eigenvalue weighted by atomic mass is 16.6. The van der Waals surface area contributed by atoms with E-state index < -0.39 is 23.8 Å². The van der Waals surface area contributed by atoms with Crippen LogP contribution in [0.3, 0.4) is 0 Å². The maximum Gasteiger partial charge on any atom is 0.408 e. The molecule has 178 valence electrons. The molecule has 0 aromatic rings. The molecule has 0 radical (unpaired) electrons. The van der Waals surface area contributed by atoms with Crippen molar-refractivity contribution in [3.8, 4) is 0 Å². The van der Waals surface area contributed by atoms with Crippen LogP contribution in [0.1, 0.15) is 72.6 Å². The van der Waals surface area contributed by atoms with Gasteiger partial charge >= 0.3 is 12.1 Å². The average Bonchev–Trinajstić information content (AvgIpc) is 2.74. The van der Waals surface area contributed by atoms with E-state index in [1.807, 2.05) is 6.92 Å². The summed E-state index contributed by atoms with van der Waals surface area (Å²) in [5.74, 6) is -0.124. The summed E-state index contributed by atoms with van der Waals surface area (Å²) in [5, 5.41) is 2.73. The number of carbonyl (C=O) groups is 3. The Labute approximate surface area is 186 Å². The highest BCUT2D eigenvalue weighted by Gasteiger charge is 2.36. The predicted octanol–water partition coefficient (Wildman–Crippen LogP) is 3.28. The summed E-state index contributed by atoms with van der Waals surface area (Å²) in [5.41, 5.74) is -0.664. The van der Waals surface area contributed by atoms with Crippen molar-refractivity contribution < 1.29 is 28.6 Å². The van der Waals surface area contributed by atoms with Gasteiger partial charge < -0.3 is 24.4 Å². The summed E-state index contributed by atoms with van der Waals surface area (Å²) in [6, 6.07) is -0.840. The van der Waals surface area contributed by atoms with Crippen molar-refractivity contribution in [1.82, 2.24) is 10.2 Å². The van der Waals surface area contributed by atoms with Gasteiger partial charge in [-0.25, -0.2) is 4.79 Å². The van der Waals surface area contributed by atoms with Gasteiger partial charge in [-0.1, -0.05) is 19.3 Å². The molecule has 1 heterocycles. The Morgan fingerprint density at radius 3 is 2.19 bits per heavy atom. The second-order valence-corrected chi connectivity index (χ2v) is 9.79. The van der Waals surface area contributed by atoms with Gasteiger partial charge in [-0.05, 0) is 59.3 Å². The van der Waals surface area contributed by atoms with Crippen molar-refractivity contribution in [3.63, 3.8) is 0 Å². The van der Waals surface area contributed by atoms with Gasteiger partial charge in [-0.15, -0.1) is 0 Å². The maximum atomic E-state index is 13.3. The lowest BCUT2D eigenvalue weighted by Gasteiger charge is -2.35. The molecule has 8 nitrogen and oxygen atoms in total. The van der Waals surface area contributed by atoms with E-state index in [9.17, 15) is 14.4 Å². The zero-order valence-corrected chi connectivity index (χ0v) is 19.8. The Morgan fingerprint density at radius 1 is 1.03 bits per heavy atom. The first-order valence-electron chi connectivity index (χ1n) is 11.6.